The lowest BCUT2D eigenvalue weighted by atomic mass is 9.95. The Bertz CT molecular complexity index is 387. The van der Waals surface area contributed by atoms with Gasteiger partial charge in [-0.3, -0.25) is 0 Å². The molecule has 1 heterocycles. The van der Waals surface area contributed by atoms with Crippen molar-refractivity contribution in [2.75, 3.05) is 0 Å². The summed E-state index contributed by atoms with van der Waals surface area (Å²) in [6.07, 6.45) is 9.03. The number of carbonyl (C=O) groups is 1. The second-order valence-electron chi connectivity index (χ2n) is 5.14. The Morgan fingerprint density at radius 2 is 1.94 bits per heavy atom. The lowest BCUT2D eigenvalue weighted by molar-refractivity contribution is 0.0686. The third kappa shape index (κ3) is 2.90. The molecule has 0 spiro atoms. The maximum Gasteiger partial charge on any atom is 0.352 e. The van der Waals surface area contributed by atoms with Crippen molar-refractivity contribution >= 4 is 5.97 Å². The molecular formula is C14H21NO2. The summed E-state index contributed by atoms with van der Waals surface area (Å²) < 4.78 is 1.83. The Morgan fingerprint density at radius 1 is 1.29 bits per heavy atom. The molecule has 1 aromatic heterocycles. The fraction of sp³-hybridized carbons (Fsp3) is 0.643. The minimum absolute atomic E-state index is 0.397. The molecular weight excluding hydrogens is 214 g/mol. The number of nitrogens with zero attached hydrogens (tertiary/aromatic N) is 1. The van der Waals surface area contributed by atoms with Crippen LogP contribution in [0.1, 0.15) is 54.7 Å². The summed E-state index contributed by atoms with van der Waals surface area (Å²) in [5, 5.41) is 9.01. The van der Waals surface area contributed by atoms with Gasteiger partial charge < -0.3 is 9.67 Å². The van der Waals surface area contributed by atoms with Crippen molar-refractivity contribution in [3.8, 4) is 0 Å². The smallest absolute Gasteiger partial charge is 0.352 e. The highest BCUT2D eigenvalue weighted by atomic mass is 16.4. The standard InChI is InChI=1S/C14H21NO2/c1-15-12(8-9-13(15)14(16)17)10-11-6-4-2-3-5-7-11/h8-9,11H,2-7,10H2,1H3,(H,16,17). The highest BCUT2D eigenvalue weighted by Gasteiger charge is 2.16. The van der Waals surface area contributed by atoms with E-state index >= 15 is 0 Å². The van der Waals surface area contributed by atoms with Crippen LogP contribution in [0.3, 0.4) is 0 Å². The average molecular weight is 235 g/mol. The van der Waals surface area contributed by atoms with Crippen LogP contribution < -0.4 is 0 Å². The number of aromatic nitrogens is 1. The lowest BCUT2D eigenvalue weighted by Crippen LogP contribution is -2.10. The number of carboxylic acids is 1. The molecule has 1 fully saturated rings. The highest BCUT2D eigenvalue weighted by Crippen LogP contribution is 2.26. The minimum atomic E-state index is -0.834. The summed E-state index contributed by atoms with van der Waals surface area (Å²) in [7, 11) is 1.86. The molecule has 0 radical (unpaired) electrons. The first-order valence-electron chi connectivity index (χ1n) is 6.56. The molecule has 1 saturated carbocycles. The number of rotatable bonds is 3. The van der Waals surface area contributed by atoms with Crippen LogP contribution in [-0.4, -0.2) is 15.6 Å². The van der Waals surface area contributed by atoms with Gasteiger partial charge in [0.25, 0.3) is 0 Å². The molecule has 1 aliphatic carbocycles. The number of carboxylic acid groups (broad SMARTS) is 1. The fourth-order valence-corrected chi connectivity index (χ4v) is 2.84. The molecule has 0 saturated heterocycles. The summed E-state index contributed by atoms with van der Waals surface area (Å²) in [4.78, 5) is 11.0. The molecule has 1 aliphatic rings. The molecule has 0 unspecified atom stereocenters. The maximum atomic E-state index is 11.0. The van der Waals surface area contributed by atoms with E-state index in [9.17, 15) is 4.79 Å². The van der Waals surface area contributed by atoms with Gasteiger partial charge in [-0.2, -0.15) is 0 Å². The van der Waals surface area contributed by atoms with Gasteiger partial charge in [-0.25, -0.2) is 4.79 Å². The molecule has 2 rings (SSSR count). The van der Waals surface area contributed by atoms with Crippen LogP contribution in [0.2, 0.25) is 0 Å². The van der Waals surface area contributed by atoms with Crippen molar-refractivity contribution in [2.45, 2.75) is 44.9 Å². The van der Waals surface area contributed by atoms with Crippen LogP contribution >= 0.6 is 0 Å². The van der Waals surface area contributed by atoms with Crippen molar-refractivity contribution < 1.29 is 9.90 Å². The summed E-state index contributed by atoms with van der Waals surface area (Å²) in [5.41, 5.74) is 1.56. The maximum absolute atomic E-state index is 11.0. The number of hydrogen-bond acceptors (Lipinski definition) is 1. The van der Waals surface area contributed by atoms with E-state index in [-0.39, 0.29) is 0 Å². The van der Waals surface area contributed by atoms with E-state index in [0.717, 1.165) is 18.0 Å². The number of hydrogen-bond donors (Lipinski definition) is 1. The van der Waals surface area contributed by atoms with Crippen LogP contribution in [-0.2, 0) is 13.5 Å². The van der Waals surface area contributed by atoms with Crippen molar-refractivity contribution in [3.05, 3.63) is 23.5 Å². The van der Waals surface area contributed by atoms with E-state index in [4.69, 9.17) is 5.11 Å². The van der Waals surface area contributed by atoms with Gasteiger partial charge in [-0.1, -0.05) is 38.5 Å². The first-order chi connectivity index (χ1) is 8.18. The van der Waals surface area contributed by atoms with E-state index in [1.807, 2.05) is 17.7 Å². The summed E-state index contributed by atoms with van der Waals surface area (Å²) in [6, 6.07) is 3.68. The SMILES string of the molecule is Cn1c(CC2CCCCCC2)ccc1C(=O)O. The molecule has 3 heteroatoms. The fourth-order valence-electron chi connectivity index (χ4n) is 2.84. The predicted octanol–water partition coefficient (Wildman–Crippen LogP) is 3.24. The Hall–Kier alpha value is -1.25. The van der Waals surface area contributed by atoms with Crippen LogP contribution in [0.15, 0.2) is 12.1 Å². The van der Waals surface area contributed by atoms with E-state index < -0.39 is 5.97 Å². The second-order valence-corrected chi connectivity index (χ2v) is 5.14. The molecule has 17 heavy (non-hydrogen) atoms. The Balaban J connectivity index is 2.05. The molecule has 3 nitrogen and oxygen atoms in total. The van der Waals surface area contributed by atoms with Gasteiger partial charge in [0, 0.05) is 12.7 Å². The van der Waals surface area contributed by atoms with Crippen LogP contribution in [0, 0.1) is 5.92 Å². The first-order valence-corrected chi connectivity index (χ1v) is 6.56. The average Bonchev–Trinajstić information content (AvgIpc) is 2.52. The zero-order chi connectivity index (χ0) is 12.3. The zero-order valence-electron chi connectivity index (χ0n) is 10.5. The Kier molecular flexibility index (Phi) is 3.87. The van der Waals surface area contributed by atoms with Crippen molar-refractivity contribution in [1.29, 1.82) is 0 Å². The van der Waals surface area contributed by atoms with E-state index in [2.05, 4.69) is 0 Å². The van der Waals surface area contributed by atoms with Gasteiger partial charge in [0.05, 0.1) is 0 Å². The topological polar surface area (TPSA) is 42.2 Å². The monoisotopic (exact) mass is 235 g/mol. The van der Waals surface area contributed by atoms with Gasteiger partial charge in [-0.05, 0) is 24.5 Å². The second kappa shape index (κ2) is 5.39. The normalized spacial score (nSPS) is 17.9. The van der Waals surface area contributed by atoms with Gasteiger partial charge in [0.15, 0.2) is 0 Å². The van der Waals surface area contributed by atoms with Gasteiger partial charge >= 0.3 is 5.97 Å². The molecule has 1 aromatic rings. The van der Waals surface area contributed by atoms with E-state index in [1.165, 1.54) is 38.5 Å². The summed E-state index contributed by atoms with van der Waals surface area (Å²) in [5.74, 6) is -0.0904. The first kappa shape index (κ1) is 12.2. The summed E-state index contributed by atoms with van der Waals surface area (Å²) in [6.45, 7) is 0. The Labute approximate surface area is 102 Å². The van der Waals surface area contributed by atoms with Crippen LogP contribution in [0.4, 0.5) is 0 Å². The van der Waals surface area contributed by atoms with Crippen molar-refractivity contribution in [3.63, 3.8) is 0 Å². The minimum Gasteiger partial charge on any atom is -0.477 e. The molecule has 94 valence electrons. The molecule has 1 N–H and O–H groups in total. The predicted molar refractivity (Wildman–Crippen MR) is 67.3 cm³/mol. The largest absolute Gasteiger partial charge is 0.477 e. The quantitative estimate of drug-likeness (QED) is 0.817. The molecule has 0 aliphatic heterocycles. The number of aromatic carboxylic acids is 1. The lowest BCUT2D eigenvalue weighted by Gasteiger charge is -2.14. The van der Waals surface area contributed by atoms with Crippen LogP contribution in [0.5, 0.6) is 0 Å². The van der Waals surface area contributed by atoms with E-state index in [0.29, 0.717) is 5.69 Å². The van der Waals surface area contributed by atoms with Gasteiger partial charge in [0.2, 0.25) is 0 Å². The Morgan fingerprint density at radius 3 is 2.47 bits per heavy atom. The molecule has 0 bridgehead atoms. The van der Waals surface area contributed by atoms with Crippen LogP contribution in [0.25, 0.3) is 0 Å². The summed E-state index contributed by atoms with van der Waals surface area (Å²) >= 11 is 0. The molecule has 0 aromatic carbocycles. The van der Waals surface area contributed by atoms with Gasteiger partial charge in [0.1, 0.15) is 5.69 Å². The highest BCUT2D eigenvalue weighted by molar-refractivity contribution is 5.86. The third-order valence-electron chi connectivity index (χ3n) is 3.92. The van der Waals surface area contributed by atoms with E-state index in [1.54, 1.807) is 6.07 Å². The molecule has 0 atom stereocenters. The third-order valence-corrected chi connectivity index (χ3v) is 3.92. The van der Waals surface area contributed by atoms with Gasteiger partial charge in [-0.15, -0.1) is 0 Å². The molecule has 0 amide bonds. The van der Waals surface area contributed by atoms with Crippen molar-refractivity contribution in [1.82, 2.24) is 4.57 Å². The zero-order valence-corrected chi connectivity index (χ0v) is 10.5. The van der Waals surface area contributed by atoms with Crippen molar-refractivity contribution in [2.24, 2.45) is 13.0 Å².